The maximum absolute atomic E-state index is 12.7. The van der Waals surface area contributed by atoms with Crippen molar-refractivity contribution in [1.29, 1.82) is 0 Å². The van der Waals surface area contributed by atoms with E-state index in [9.17, 15) is 18.0 Å². The van der Waals surface area contributed by atoms with Gasteiger partial charge >= 0.3 is 5.97 Å². The number of carbonyl (C=O) groups excluding carboxylic acids is 2. The van der Waals surface area contributed by atoms with E-state index in [1.54, 1.807) is 40.7 Å². The number of carbonyl (C=O) groups is 2. The molecule has 2 aromatic rings. The SMILES string of the molecule is CCN(CC)S(=O)(=O)c1ccc(C)c(NC(=O)COC(=O)c2c(C)noc2C)c1. The van der Waals surface area contributed by atoms with E-state index in [1.807, 2.05) is 0 Å². The summed E-state index contributed by atoms with van der Waals surface area (Å²) in [4.78, 5) is 24.4. The highest BCUT2D eigenvalue weighted by Crippen LogP contribution is 2.23. The highest BCUT2D eigenvalue weighted by atomic mass is 32.2. The van der Waals surface area contributed by atoms with Crippen LogP contribution in [0.1, 0.15) is 41.2 Å². The van der Waals surface area contributed by atoms with E-state index in [1.165, 1.54) is 16.4 Å². The summed E-state index contributed by atoms with van der Waals surface area (Å²) < 4.78 is 36.6. The van der Waals surface area contributed by atoms with E-state index in [2.05, 4.69) is 10.5 Å². The molecule has 0 bridgehead atoms. The molecular weight excluding hydrogens is 398 g/mol. The summed E-state index contributed by atoms with van der Waals surface area (Å²) in [6.45, 7) is 8.56. The molecule has 0 aliphatic rings. The molecule has 0 unspecified atom stereocenters. The lowest BCUT2D eigenvalue weighted by Gasteiger charge is -2.19. The Morgan fingerprint density at radius 3 is 2.38 bits per heavy atom. The number of amides is 1. The van der Waals surface area contributed by atoms with E-state index >= 15 is 0 Å². The standard InChI is InChI=1S/C19H25N3O6S/c1-6-22(7-2)29(25,26)15-9-8-12(3)16(10-15)20-17(23)11-27-19(24)18-13(4)21-28-14(18)5/h8-10H,6-7,11H2,1-5H3,(H,20,23). The van der Waals surface area contributed by atoms with Crippen molar-refractivity contribution < 1.29 is 27.3 Å². The van der Waals surface area contributed by atoms with Gasteiger partial charge in [-0.05, 0) is 38.5 Å². The number of rotatable bonds is 8. The van der Waals surface area contributed by atoms with Crippen LogP contribution >= 0.6 is 0 Å². The summed E-state index contributed by atoms with van der Waals surface area (Å²) in [5, 5.41) is 6.26. The molecule has 0 saturated carbocycles. The third kappa shape index (κ3) is 5.01. The lowest BCUT2D eigenvalue weighted by atomic mass is 10.2. The van der Waals surface area contributed by atoms with Gasteiger partial charge in [0.15, 0.2) is 6.61 Å². The van der Waals surface area contributed by atoms with Gasteiger partial charge in [-0.15, -0.1) is 0 Å². The molecular formula is C19H25N3O6S. The molecule has 1 heterocycles. The lowest BCUT2D eigenvalue weighted by molar-refractivity contribution is -0.119. The monoisotopic (exact) mass is 423 g/mol. The first kappa shape index (κ1) is 22.6. The molecule has 29 heavy (non-hydrogen) atoms. The molecule has 10 heteroatoms. The minimum Gasteiger partial charge on any atom is -0.452 e. The van der Waals surface area contributed by atoms with Crippen LogP contribution in [0.5, 0.6) is 0 Å². The number of aromatic nitrogens is 1. The van der Waals surface area contributed by atoms with E-state index in [-0.39, 0.29) is 10.5 Å². The van der Waals surface area contributed by atoms with Crippen molar-refractivity contribution in [3.05, 3.63) is 40.8 Å². The van der Waals surface area contributed by atoms with Crippen LogP contribution < -0.4 is 5.32 Å². The maximum atomic E-state index is 12.7. The van der Waals surface area contributed by atoms with Gasteiger partial charge in [-0.2, -0.15) is 4.31 Å². The summed E-state index contributed by atoms with van der Waals surface area (Å²) in [5.41, 5.74) is 1.56. The fraction of sp³-hybridized carbons (Fsp3) is 0.421. The molecule has 2 rings (SSSR count). The first-order chi connectivity index (χ1) is 13.6. The molecule has 9 nitrogen and oxygen atoms in total. The van der Waals surface area contributed by atoms with E-state index in [4.69, 9.17) is 9.26 Å². The van der Waals surface area contributed by atoms with Crippen LogP contribution in [-0.4, -0.2) is 49.5 Å². The molecule has 0 aliphatic heterocycles. The summed E-state index contributed by atoms with van der Waals surface area (Å²) in [7, 11) is -3.66. The van der Waals surface area contributed by atoms with Crippen molar-refractivity contribution in [2.45, 2.75) is 39.5 Å². The van der Waals surface area contributed by atoms with E-state index in [0.717, 1.165) is 0 Å². The number of ether oxygens (including phenoxy) is 1. The summed E-state index contributed by atoms with van der Waals surface area (Å²) >= 11 is 0. The van der Waals surface area contributed by atoms with Crippen LogP contribution in [0.4, 0.5) is 5.69 Å². The van der Waals surface area contributed by atoms with Crippen LogP contribution in [-0.2, 0) is 19.6 Å². The number of aryl methyl sites for hydroxylation is 3. The number of anilines is 1. The lowest BCUT2D eigenvalue weighted by Crippen LogP contribution is -2.30. The number of nitrogens with zero attached hydrogens (tertiary/aromatic N) is 2. The van der Waals surface area contributed by atoms with Crippen molar-refractivity contribution in [1.82, 2.24) is 9.46 Å². The fourth-order valence-electron chi connectivity index (χ4n) is 2.77. The first-order valence-corrected chi connectivity index (χ1v) is 10.6. The van der Waals surface area contributed by atoms with Crippen LogP contribution in [0.2, 0.25) is 0 Å². The zero-order valence-electron chi connectivity index (χ0n) is 17.1. The Hall–Kier alpha value is -2.72. The largest absolute Gasteiger partial charge is 0.452 e. The van der Waals surface area contributed by atoms with Gasteiger partial charge in [-0.25, -0.2) is 13.2 Å². The number of hydrogen-bond acceptors (Lipinski definition) is 7. The Morgan fingerprint density at radius 2 is 1.83 bits per heavy atom. The maximum Gasteiger partial charge on any atom is 0.344 e. The Bertz CT molecular complexity index is 989. The summed E-state index contributed by atoms with van der Waals surface area (Å²) in [6.07, 6.45) is 0. The van der Waals surface area contributed by atoms with E-state index in [0.29, 0.717) is 35.8 Å². The Balaban J connectivity index is 2.11. The first-order valence-electron chi connectivity index (χ1n) is 9.12. The van der Waals surface area contributed by atoms with E-state index < -0.39 is 28.5 Å². The quantitative estimate of drug-likeness (QED) is 0.648. The molecule has 0 radical (unpaired) electrons. The van der Waals surface area contributed by atoms with Crippen molar-refractivity contribution in [2.75, 3.05) is 25.0 Å². The summed E-state index contributed by atoms with van der Waals surface area (Å²) in [6, 6.07) is 4.51. The minimum atomic E-state index is -3.66. The van der Waals surface area contributed by atoms with Crippen molar-refractivity contribution in [3.63, 3.8) is 0 Å². The van der Waals surface area contributed by atoms with Crippen LogP contribution in [0.3, 0.4) is 0 Å². The molecule has 1 amide bonds. The number of nitrogens with one attached hydrogen (secondary N) is 1. The fourth-order valence-corrected chi connectivity index (χ4v) is 4.26. The van der Waals surface area contributed by atoms with Gasteiger partial charge in [0.2, 0.25) is 10.0 Å². The van der Waals surface area contributed by atoms with Crippen molar-refractivity contribution in [3.8, 4) is 0 Å². The minimum absolute atomic E-state index is 0.0785. The normalized spacial score (nSPS) is 11.5. The molecule has 0 spiro atoms. The number of sulfonamides is 1. The van der Waals surface area contributed by atoms with Crippen LogP contribution in [0.25, 0.3) is 0 Å². The number of hydrogen-bond donors (Lipinski definition) is 1. The second-order valence-electron chi connectivity index (χ2n) is 6.39. The number of benzene rings is 1. The zero-order chi connectivity index (χ0) is 21.8. The molecule has 0 atom stereocenters. The zero-order valence-corrected chi connectivity index (χ0v) is 17.9. The third-order valence-electron chi connectivity index (χ3n) is 4.40. The molecule has 1 N–H and O–H groups in total. The second kappa shape index (κ2) is 9.19. The molecule has 0 saturated heterocycles. The summed E-state index contributed by atoms with van der Waals surface area (Å²) in [5.74, 6) is -1.00. The highest BCUT2D eigenvalue weighted by molar-refractivity contribution is 7.89. The predicted molar refractivity (Wildman–Crippen MR) is 106 cm³/mol. The Kier molecular flexibility index (Phi) is 7.15. The van der Waals surface area contributed by atoms with Gasteiger partial charge in [0, 0.05) is 18.8 Å². The molecule has 158 valence electrons. The molecule has 1 aromatic heterocycles. The van der Waals surface area contributed by atoms with Crippen molar-refractivity contribution in [2.24, 2.45) is 0 Å². The second-order valence-corrected chi connectivity index (χ2v) is 8.33. The molecule has 0 fully saturated rings. The third-order valence-corrected chi connectivity index (χ3v) is 6.44. The molecule has 1 aromatic carbocycles. The average Bonchev–Trinajstić information content (AvgIpc) is 3.00. The molecule has 0 aliphatic carbocycles. The van der Waals surface area contributed by atoms with Crippen LogP contribution in [0, 0.1) is 20.8 Å². The highest BCUT2D eigenvalue weighted by Gasteiger charge is 2.23. The van der Waals surface area contributed by atoms with Gasteiger partial charge in [0.25, 0.3) is 5.91 Å². The van der Waals surface area contributed by atoms with Gasteiger partial charge < -0.3 is 14.6 Å². The van der Waals surface area contributed by atoms with Gasteiger partial charge in [-0.1, -0.05) is 25.1 Å². The van der Waals surface area contributed by atoms with Gasteiger partial charge in [-0.3, -0.25) is 4.79 Å². The van der Waals surface area contributed by atoms with Gasteiger partial charge in [0.1, 0.15) is 11.3 Å². The van der Waals surface area contributed by atoms with Crippen molar-refractivity contribution >= 4 is 27.6 Å². The predicted octanol–water partition coefficient (Wildman–Crippen LogP) is 2.43. The smallest absolute Gasteiger partial charge is 0.344 e. The Morgan fingerprint density at radius 1 is 1.17 bits per heavy atom. The topological polar surface area (TPSA) is 119 Å². The number of esters is 1. The van der Waals surface area contributed by atoms with Crippen LogP contribution in [0.15, 0.2) is 27.6 Å². The Labute approximate surface area is 170 Å². The average molecular weight is 423 g/mol. The van der Waals surface area contributed by atoms with Gasteiger partial charge in [0.05, 0.1) is 10.6 Å².